The summed E-state index contributed by atoms with van der Waals surface area (Å²) in [5.74, 6) is -0.723. The highest BCUT2D eigenvalue weighted by Crippen LogP contribution is 2.24. The number of esters is 1. The van der Waals surface area contributed by atoms with Crippen LogP contribution in [0.25, 0.3) is 0 Å². The number of ether oxygens (including phenoxy) is 1. The number of hydrogen-bond acceptors (Lipinski definition) is 4. The number of carbonyl (C=O) groups is 2. The van der Waals surface area contributed by atoms with Gasteiger partial charge in [-0.1, -0.05) is 0 Å². The maximum Gasteiger partial charge on any atom is 0.338 e. The van der Waals surface area contributed by atoms with Gasteiger partial charge in [-0.3, -0.25) is 9.36 Å². The van der Waals surface area contributed by atoms with Crippen molar-refractivity contribution in [1.29, 1.82) is 0 Å². The predicted molar refractivity (Wildman–Crippen MR) is 76.0 cm³/mol. The van der Waals surface area contributed by atoms with Crippen molar-refractivity contribution < 1.29 is 23.1 Å². The van der Waals surface area contributed by atoms with Gasteiger partial charge in [0, 0.05) is 24.5 Å². The molecule has 23 heavy (non-hydrogen) atoms. The van der Waals surface area contributed by atoms with Gasteiger partial charge in [-0.25, -0.2) is 9.78 Å². The monoisotopic (exact) mass is 321 g/mol. The Morgan fingerprint density at radius 3 is 3.00 bits per heavy atom. The highest BCUT2D eigenvalue weighted by molar-refractivity contribution is 5.96. The van der Waals surface area contributed by atoms with Gasteiger partial charge in [0.15, 0.2) is 5.82 Å². The minimum Gasteiger partial charge on any atom is -0.454 e. The molecule has 0 saturated carbocycles. The Bertz CT molecular complexity index is 758. The topological polar surface area (TPSA) is 73.2 Å². The molecule has 0 fully saturated rings. The molecule has 1 N–H and O–H groups in total. The number of amides is 1. The van der Waals surface area contributed by atoms with Crippen molar-refractivity contribution in [2.45, 2.75) is 26.0 Å². The molecule has 6 nitrogen and oxygen atoms in total. The van der Waals surface area contributed by atoms with Crippen molar-refractivity contribution in [2.24, 2.45) is 0 Å². The normalized spacial score (nSPS) is 13.6. The summed E-state index contributed by atoms with van der Waals surface area (Å²) in [6.07, 6.45) is 3.24. The number of halogens is 2. The maximum absolute atomic E-state index is 12.7. The Hall–Kier alpha value is -2.77. The largest absolute Gasteiger partial charge is 0.454 e. The lowest BCUT2D eigenvalue weighted by atomic mass is 10.0. The van der Waals surface area contributed by atoms with E-state index >= 15 is 0 Å². The van der Waals surface area contributed by atoms with Crippen LogP contribution in [-0.2, 0) is 22.6 Å². The molecule has 0 bridgehead atoms. The molecule has 1 aromatic carbocycles. The number of imidazole rings is 1. The molecule has 120 valence electrons. The molecule has 1 amide bonds. The van der Waals surface area contributed by atoms with Gasteiger partial charge in [0.25, 0.3) is 0 Å². The minimum atomic E-state index is -2.74. The van der Waals surface area contributed by atoms with E-state index in [1.807, 2.05) is 0 Å². The fourth-order valence-corrected chi connectivity index (χ4v) is 2.36. The molecule has 0 radical (unpaired) electrons. The van der Waals surface area contributed by atoms with Crippen LogP contribution in [0.15, 0.2) is 30.6 Å². The van der Waals surface area contributed by atoms with Crippen LogP contribution in [-0.4, -0.2) is 21.4 Å². The van der Waals surface area contributed by atoms with E-state index in [4.69, 9.17) is 4.74 Å². The van der Waals surface area contributed by atoms with E-state index in [0.29, 0.717) is 28.7 Å². The number of alkyl halides is 2. The van der Waals surface area contributed by atoms with Crippen molar-refractivity contribution in [3.8, 4) is 0 Å². The van der Waals surface area contributed by atoms with E-state index in [9.17, 15) is 18.4 Å². The third kappa shape index (κ3) is 3.20. The van der Waals surface area contributed by atoms with Crippen LogP contribution in [0.2, 0.25) is 0 Å². The van der Waals surface area contributed by atoms with E-state index in [2.05, 4.69) is 10.3 Å². The Balaban J connectivity index is 1.69. The van der Waals surface area contributed by atoms with Crippen molar-refractivity contribution in [3.63, 3.8) is 0 Å². The Morgan fingerprint density at radius 2 is 2.22 bits per heavy atom. The lowest BCUT2D eigenvalue weighted by molar-refractivity contribution is -0.116. The third-order valence-corrected chi connectivity index (χ3v) is 3.53. The lowest BCUT2D eigenvalue weighted by Crippen LogP contribution is -2.19. The number of anilines is 1. The van der Waals surface area contributed by atoms with Crippen LogP contribution in [0.5, 0.6) is 0 Å². The summed E-state index contributed by atoms with van der Waals surface area (Å²) in [5, 5.41) is 2.71. The van der Waals surface area contributed by atoms with Crippen molar-refractivity contribution in [2.75, 3.05) is 5.32 Å². The Morgan fingerprint density at radius 1 is 1.39 bits per heavy atom. The number of aromatic nitrogens is 2. The zero-order valence-corrected chi connectivity index (χ0v) is 12.0. The molecule has 1 aliphatic rings. The van der Waals surface area contributed by atoms with Crippen LogP contribution in [0.3, 0.4) is 0 Å². The average Bonchev–Trinajstić information content (AvgIpc) is 3.00. The number of aryl methyl sites for hydroxylation is 1. The molecular weight excluding hydrogens is 308 g/mol. The van der Waals surface area contributed by atoms with E-state index in [-0.39, 0.29) is 18.3 Å². The molecule has 1 aliphatic heterocycles. The molecule has 1 aromatic heterocycles. The van der Waals surface area contributed by atoms with Gasteiger partial charge < -0.3 is 10.1 Å². The van der Waals surface area contributed by atoms with E-state index in [1.54, 1.807) is 12.1 Å². The third-order valence-electron chi connectivity index (χ3n) is 3.53. The summed E-state index contributed by atoms with van der Waals surface area (Å²) in [5.41, 5.74) is 1.81. The highest BCUT2D eigenvalue weighted by Gasteiger charge is 2.18. The summed E-state index contributed by atoms with van der Waals surface area (Å²) in [6.45, 7) is -3.08. The molecule has 8 heteroatoms. The lowest BCUT2D eigenvalue weighted by Gasteiger charge is -2.17. The van der Waals surface area contributed by atoms with Gasteiger partial charge in [-0.05, 0) is 30.2 Å². The summed E-state index contributed by atoms with van der Waals surface area (Å²) in [6, 6.07) is 4.78. The van der Waals surface area contributed by atoms with Crippen LogP contribution in [0, 0.1) is 0 Å². The quantitative estimate of drug-likeness (QED) is 0.878. The van der Waals surface area contributed by atoms with Crippen molar-refractivity contribution in [1.82, 2.24) is 9.55 Å². The summed E-state index contributed by atoms with van der Waals surface area (Å²) >= 11 is 0. The molecule has 0 atom stereocenters. The number of hydrogen-bond donors (Lipinski definition) is 1. The molecular formula is C15H13F2N3O3. The molecule has 2 aromatic rings. The van der Waals surface area contributed by atoms with Crippen molar-refractivity contribution >= 4 is 17.6 Å². The average molecular weight is 321 g/mol. The van der Waals surface area contributed by atoms with Gasteiger partial charge in [0.1, 0.15) is 6.61 Å². The van der Waals surface area contributed by atoms with Gasteiger partial charge in [-0.15, -0.1) is 0 Å². The molecule has 0 saturated heterocycles. The maximum atomic E-state index is 12.7. The number of fused-ring (bicyclic) bond motifs is 1. The van der Waals surface area contributed by atoms with Crippen LogP contribution in [0.1, 0.15) is 34.7 Å². The SMILES string of the molecule is O=C1CCc2cc(C(=O)OCc3nccn3C(F)F)ccc2N1. The molecule has 0 unspecified atom stereocenters. The predicted octanol–water partition coefficient (Wildman–Crippen LogP) is 2.52. The van der Waals surface area contributed by atoms with E-state index in [0.717, 1.165) is 11.8 Å². The molecule has 3 rings (SSSR count). The van der Waals surface area contributed by atoms with E-state index in [1.165, 1.54) is 12.3 Å². The smallest absolute Gasteiger partial charge is 0.338 e. The summed E-state index contributed by atoms with van der Waals surface area (Å²) < 4.78 is 31.0. The standard InChI is InChI=1S/C15H13F2N3O3/c16-15(17)20-6-5-18-12(20)8-23-14(22)10-1-3-11-9(7-10)2-4-13(21)19-11/h1,3,5-7,15H,2,4,8H2,(H,19,21). The van der Waals surface area contributed by atoms with Gasteiger partial charge in [0.2, 0.25) is 5.91 Å². The van der Waals surface area contributed by atoms with Gasteiger partial charge in [0.05, 0.1) is 5.56 Å². The highest BCUT2D eigenvalue weighted by atomic mass is 19.3. The fourth-order valence-electron chi connectivity index (χ4n) is 2.36. The second-order valence-corrected chi connectivity index (χ2v) is 5.02. The van der Waals surface area contributed by atoms with Crippen LogP contribution >= 0.6 is 0 Å². The number of nitrogens with one attached hydrogen (secondary N) is 1. The number of rotatable bonds is 4. The summed E-state index contributed by atoms with van der Waals surface area (Å²) in [7, 11) is 0. The van der Waals surface area contributed by atoms with Crippen molar-refractivity contribution in [3.05, 3.63) is 47.5 Å². The molecule has 0 spiro atoms. The van der Waals surface area contributed by atoms with Gasteiger partial charge >= 0.3 is 12.5 Å². The molecule has 2 heterocycles. The first-order valence-corrected chi connectivity index (χ1v) is 6.94. The number of carbonyl (C=O) groups excluding carboxylic acids is 2. The second-order valence-electron chi connectivity index (χ2n) is 5.02. The number of nitrogens with zero attached hydrogens (tertiary/aromatic N) is 2. The Labute approximate surface area is 130 Å². The van der Waals surface area contributed by atoms with Crippen LogP contribution in [0.4, 0.5) is 14.5 Å². The fraction of sp³-hybridized carbons (Fsp3) is 0.267. The Kier molecular flexibility index (Phi) is 4.05. The van der Waals surface area contributed by atoms with Crippen LogP contribution < -0.4 is 5.32 Å². The number of benzene rings is 1. The zero-order chi connectivity index (χ0) is 16.4. The summed E-state index contributed by atoms with van der Waals surface area (Å²) in [4.78, 5) is 27.1. The minimum absolute atomic E-state index is 0.0291. The van der Waals surface area contributed by atoms with Gasteiger partial charge in [-0.2, -0.15) is 8.78 Å². The second kappa shape index (κ2) is 6.15. The van der Waals surface area contributed by atoms with E-state index < -0.39 is 12.5 Å². The first-order valence-electron chi connectivity index (χ1n) is 6.94. The first kappa shape index (κ1) is 15.1. The molecule has 0 aliphatic carbocycles. The first-order chi connectivity index (χ1) is 11.0. The zero-order valence-electron chi connectivity index (χ0n) is 12.0.